The van der Waals surface area contributed by atoms with Crippen LogP contribution < -0.4 is 5.32 Å². The lowest BCUT2D eigenvalue weighted by molar-refractivity contribution is 0.0300. The molecule has 1 rings (SSSR count). The number of methoxy groups -OCH3 is 1. The van der Waals surface area contributed by atoms with Gasteiger partial charge in [-0.15, -0.1) is 0 Å². The average molecular weight is 308 g/mol. The Bertz CT molecular complexity index is 452. The Kier molecular flexibility index (Phi) is 7.35. The van der Waals surface area contributed by atoms with Gasteiger partial charge in [0.05, 0.1) is 6.61 Å². The number of rotatable bonds is 7. The number of ether oxygens (including phenoxy) is 2. The summed E-state index contributed by atoms with van der Waals surface area (Å²) in [6.07, 6.45) is -0.293. The molecule has 0 saturated heterocycles. The predicted octanol–water partition coefficient (Wildman–Crippen LogP) is 2.79. The van der Waals surface area contributed by atoms with Gasteiger partial charge in [0.2, 0.25) is 0 Å². The van der Waals surface area contributed by atoms with Gasteiger partial charge in [0.25, 0.3) is 0 Å². The number of amides is 1. The Hall–Kier alpha value is -1.59. The molecular weight excluding hydrogens is 280 g/mol. The maximum atomic E-state index is 11.8. The minimum Gasteiger partial charge on any atom is -0.444 e. The molecule has 0 saturated carbocycles. The van der Waals surface area contributed by atoms with Crippen molar-refractivity contribution in [2.45, 2.75) is 39.5 Å². The van der Waals surface area contributed by atoms with E-state index in [1.165, 1.54) is 5.56 Å². The van der Waals surface area contributed by atoms with Crippen LogP contribution in [0.25, 0.3) is 0 Å². The first-order valence-corrected chi connectivity index (χ1v) is 7.53. The molecule has 0 unspecified atom stereocenters. The van der Waals surface area contributed by atoms with E-state index in [9.17, 15) is 4.79 Å². The van der Waals surface area contributed by atoms with E-state index in [0.717, 1.165) is 18.7 Å². The van der Waals surface area contributed by atoms with Crippen LogP contribution in [0.4, 0.5) is 4.79 Å². The van der Waals surface area contributed by atoms with Crippen molar-refractivity contribution in [3.63, 3.8) is 0 Å². The smallest absolute Gasteiger partial charge is 0.410 e. The standard InChI is InChI=1S/C17H28N2O3/c1-17(2,3)22-16(20)19(4)11-10-18-12-14-6-8-15(9-7-14)13-21-5/h6-9,18H,10-13H2,1-5H3. The molecule has 0 bridgehead atoms. The van der Waals surface area contributed by atoms with Gasteiger partial charge in [-0.05, 0) is 31.9 Å². The third-order valence-corrected chi connectivity index (χ3v) is 2.99. The van der Waals surface area contributed by atoms with E-state index in [0.29, 0.717) is 13.2 Å². The van der Waals surface area contributed by atoms with Crippen LogP contribution in [0.1, 0.15) is 31.9 Å². The highest BCUT2D eigenvalue weighted by Gasteiger charge is 2.18. The number of hydrogen-bond donors (Lipinski definition) is 1. The Balaban J connectivity index is 2.25. The van der Waals surface area contributed by atoms with Crippen molar-refractivity contribution in [1.29, 1.82) is 0 Å². The van der Waals surface area contributed by atoms with Gasteiger partial charge < -0.3 is 19.7 Å². The van der Waals surface area contributed by atoms with E-state index in [1.54, 1.807) is 19.1 Å². The fraction of sp³-hybridized carbons (Fsp3) is 0.588. The molecular formula is C17H28N2O3. The van der Waals surface area contributed by atoms with Gasteiger partial charge in [0.15, 0.2) is 0 Å². The number of benzene rings is 1. The lowest BCUT2D eigenvalue weighted by Gasteiger charge is -2.24. The van der Waals surface area contributed by atoms with E-state index < -0.39 is 5.60 Å². The normalized spacial score (nSPS) is 11.3. The van der Waals surface area contributed by atoms with Crippen LogP contribution in [-0.4, -0.2) is 43.8 Å². The van der Waals surface area contributed by atoms with Crippen molar-refractivity contribution in [2.24, 2.45) is 0 Å². The third kappa shape index (κ3) is 7.43. The molecule has 0 heterocycles. The molecule has 1 aromatic carbocycles. The van der Waals surface area contributed by atoms with E-state index in [2.05, 4.69) is 29.6 Å². The van der Waals surface area contributed by atoms with Crippen LogP contribution in [0.5, 0.6) is 0 Å². The van der Waals surface area contributed by atoms with Crippen molar-refractivity contribution >= 4 is 6.09 Å². The molecule has 1 aromatic rings. The van der Waals surface area contributed by atoms with E-state index in [-0.39, 0.29) is 6.09 Å². The molecule has 0 radical (unpaired) electrons. The molecule has 22 heavy (non-hydrogen) atoms. The second-order valence-corrected chi connectivity index (χ2v) is 6.33. The summed E-state index contributed by atoms with van der Waals surface area (Å²) < 4.78 is 10.4. The minimum atomic E-state index is -0.456. The molecule has 124 valence electrons. The van der Waals surface area contributed by atoms with E-state index in [4.69, 9.17) is 9.47 Å². The number of nitrogens with one attached hydrogen (secondary N) is 1. The molecule has 0 aromatic heterocycles. The first kappa shape index (κ1) is 18.5. The maximum absolute atomic E-state index is 11.8. The summed E-state index contributed by atoms with van der Waals surface area (Å²) in [5.74, 6) is 0. The second-order valence-electron chi connectivity index (χ2n) is 6.33. The summed E-state index contributed by atoms with van der Waals surface area (Å²) in [6, 6.07) is 8.29. The van der Waals surface area contributed by atoms with E-state index in [1.807, 2.05) is 20.8 Å². The van der Waals surface area contributed by atoms with Crippen LogP contribution in [0.15, 0.2) is 24.3 Å². The van der Waals surface area contributed by atoms with E-state index >= 15 is 0 Å². The lowest BCUT2D eigenvalue weighted by Crippen LogP contribution is -2.37. The number of carbonyl (C=O) groups excluding carboxylic acids is 1. The van der Waals surface area contributed by atoms with Crippen molar-refractivity contribution in [3.05, 3.63) is 35.4 Å². The Morgan fingerprint density at radius 1 is 1.18 bits per heavy atom. The summed E-state index contributed by atoms with van der Waals surface area (Å²) in [7, 11) is 3.44. The molecule has 0 spiro atoms. The summed E-state index contributed by atoms with van der Waals surface area (Å²) in [6.45, 7) is 8.33. The third-order valence-electron chi connectivity index (χ3n) is 2.99. The fourth-order valence-corrected chi connectivity index (χ4v) is 1.83. The quantitative estimate of drug-likeness (QED) is 0.787. The summed E-state index contributed by atoms with van der Waals surface area (Å²) in [5.41, 5.74) is 1.92. The molecule has 0 aliphatic rings. The second kappa shape index (κ2) is 8.76. The first-order chi connectivity index (χ1) is 10.3. The van der Waals surface area contributed by atoms with Crippen molar-refractivity contribution in [2.75, 3.05) is 27.2 Å². The highest BCUT2D eigenvalue weighted by Crippen LogP contribution is 2.09. The lowest BCUT2D eigenvalue weighted by atomic mass is 10.1. The maximum Gasteiger partial charge on any atom is 0.410 e. The zero-order chi connectivity index (χ0) is 16.6. The monoisotopic (exact) mass is 308 g/mol. The minimum absolute atomic E-state index is 0.293. The summed E-state index contributed by atoms with van der Waals surface area (Å²) in [4.78, 5) is 13.4. The molecule has 1 amide bonds. The highest BCUT2D eigenvalue weighted by atomic mass is 16.6. The predicted molar refractivity (Wildman–Crippen MR) is 87.7 cm³/mol. The topological polar surface area (TPSA) is 50.8 Å². The largest absolute Gasteiger partial charge is 0.444 e. The van der Waals surface area contributed by atoms with Gasteiger partial charge in [-0.25, -0.2) is 4.79 Å². The van der Waals surface area contributed by atoms with Gasteiger partial charge >= 0.3 is 6.09 Å². The van der Waals surface area contributed by atoms with Crippen LogP contribution in [0, 0.1) is 0 Å². The number of hydrogen-bond acceptors (Lipinski definition) is 4. The SMILES string of the molecule is COCc1ccc(CNCCN(C)C(=O)OC(C)(C)C)cc1. The zero-order valence-electron chi connectivity index (χ0n) is 14.3. The van der Waals surface area contributed by atoms with Crippen LogP contribution >= 0.6 is 0 Å². The number of carbonyl (C=O) groups is 1. The Morgan fingerprint density at radius 2 is 1.77 bits per heavy atom. The fourth-order valence-electron chi connectivity index (χ4n) is 1.83. The number of nitrogens with zero attached hydrogens (tertiary/aromatic N) is 1. The van der Waals surface area contributed by atoms with Gasteiger partial charge in [-0.1, -0.05) is 24.3 Å². The van der Waals surface area contributed by atoms with Gasteiger partial charge in [-0.3, -0.25) is 0 Å². The van der Waals surface area contributed by atoms with Gasteiger partial charge in [0.1, 0.15) is 5.60 Å². The molecule has 0 aliphatic heterocycles. The molecule has 5 nitrogen and oxygen atoms in total. The molecule has 0 atom stereocenters. The Morgan fingerprint density at radius 3 is 2.32 bits per heavy atom. The van der Waals surface area contributed by atoms with Crippen LogP contribution in [-0.2, 0) is 22.6 Å². The van der Waals surface area contributed by atoms with Crippen LogP contribution in [0.3, 0.4) is 0 Å². The summed E-state index contributed by atoms with van der Waals surface area (Å²) >= 11 is 0. The first-order valence-electron chi connectivity index (χ1n) is 7.53. The molecule has 5 heteroatoms. The zero-order valence-corrected chi connectivity index (χ0v) is 14.3. The number of likely N-dealkylation sites (N-methyl/N-ethyl adjacent to an activating group) is 1. The molecule has 0 fully saturated rings. The van der Waals surface area contributed by atoms with Crippen LogP contribution in [0.2, 0.25) is 0 Å². The molecule has 1 N–H and O–H groups in total. The van der Waals surface area contributed by atoms with Crippen molar-refractivity contribution < 1.29 is 14.3 Å². The Labute approximate surface area is 133 Å². The summed E-state index contributed by atoms with van der Waals surface area (Å²) in [5, 5.41) is 3.32. The average Bonchev–Trinajstić information content (AvgIpc) is 2.43. The highest BCUT2D eigenvalue weighted by molar-refractivity contribution is 5.67. The van der Waals surface area contributed by atoms with Crippen molar-refractivity contribution in [3.8, 4) is 0 Å². The molecule has 0 aliphatic carbocycles. The van der Waals surface area contributed by atoms with Gasteiger partial charge in [0, 0.05) is 33.8 Å². The van der Waals surface area contributed by atoms with Crippen molar-refractivity contribution in [1.82, 2.24) is 10.2 Å². The van der Waals surface area contributed by atoms with Gasteiger partial charge in [-0.2, -0.15) is 0 Å².